The van der Waals surface area contributed by atoms with Crippen molar-refractivity contribution in [3.05, 3.63) is 135 Å². The van der Waals surface area contributed by atoms with Crippen LogP contribution in [-0.4, -0.2) is 15.7 Å². The zero-order valence-electron chi connectivity index (χ0n) is 18.6. The number of nitro benzene ring substituents is 1. The SMILES string of the molecule is O=[N+]([O-])c1ccc(-n2c(-c3ccccc3)cc(C=Nc3ccc(I)cc3)c2-c2ccccc2)cc1. The summed E-state index contributed by atoms with van der Waals surface area (Å²) < 4.78 is 3.30. The molecule has 0 saturated carbocycles. The number of rotatable bonds is 6. The van der Waals surface area contributed by atoms with E-state index in [4.69, 9.17) is 4.99 Å². The largest absolute Gasteiger partial charge is 0.309 e. The van der Waals surface area contributed by atoms with Gasteiger partial charge in [0.25, 0.3) is 5.69 Å². The van der Waals surface area contributed by atoms with Crippen LogP contribution < -0.4 is 0 Å². The minimum Gasteiger partial charge on any atom is -0.309 e. The second kappa shape index (κ2) is 10.1. The van der Waals surface area contributed by atoms with Gasteiger partial charge in [0.2, 0.25) is 0 Å². The predicted octanol–water partition coefficient (Wildman–Crippen LogP) is 8.07. The molecule has 6 heteroatoms. The summed E-state index contributed by atoms with van der Waals surface area (Å²) in [4.78, 5) is 15.6. The molecule has 5 nitrogen and oxygen atoms in total. The van der Waals surface area contributed by atoms with Crippen LogP contribution in [0.5, 0.6) is 0 Å². The summed E-state index contributed by atoms with van der Waals surface area (Å²) in [6, 6.07) is 37.1. The summed E-state index contributed by atoms with van der Waals surface area (Å²) in [7, 11) is 0. The Kier molecular flexibility index (Phi) is 6.54. The lowest BCUT2D eigenvalue weighted by atomic mass is 10.1. The molecule has 4 aromatic carbocycles. The zero-order valence-corrected chi connectivity index (χ0v) is 20.7. The lowest BCUT2D eigenvalue weighted by molar-refractivity contribution is -0.384. The topological polar surface area (TPSA) is 60.4 Å². The van der Waals surface area contributed by atoms with Gasteiger partial charge in [-0.1, -0.05) is 60.7 Å². The van der Waals surface area contributed by atoms with E-state index in [0.717, 1.165) is 43.0 Å². The molecule has 0 aliphatic carbocycles. The van der Waals surface area contributed by atoms with Crippen LogP contribution in [0, 0.1) is 13.7 Å². The first-order chi connectivity index (χ1) is 17.1. The highest BCUT2D eigenvalue weighted by molar-refractivity contribution is 14.1. The van der Waals surface area contributed by atoms with E-state index >= 15 is 0 Å². The second-order valence-electron chi connectivity index (χ2n) is 7.91. The highest BCUT2D eigenvalue weighted by Crippen LogP contribution is 2.36. The van der Waals surface area contributed by atoms with Crippen LogP contribution in [0.4, 0.5) is 11.4 Å². The van der Waals surface area contributed by atoms with Gasteiger partial charge in [-0.25, -0.2) is 0 Å². The molecule has 0 unspecified atom stereocenters. The first-order valence-electron chi connectivity index (χ1n) is 11.0. The fraction of sp³-hybridized carbons (Fsp3) is 0. The third kappa shape index (κ3) is 4.93. The quantitative estimate of drug-likeness (QED) is 0.0899. The van der Waals surface area contributed by atoms with Crippen molar-refractivity contribution in [2.75, 3.05) is 0 Å². The molecule has 0 amide bonds. The molecule has 1 heterocycles. The van der Waals surface area contributed by atoms with Gasteiger partial charge in [-0.3, -0.25) is 15.1 Å². The van der Waals surface area contributed by atoms with Crippen LogP contribution in [0.3, 0.4) is 0 Å². The number of halogens is 1. The lowest BCUT2D eigenvalue weighted by Gasteiger charge is -2.15. The van der Waals surface area contributed by atoms with Crippen molar-refractivity contribution >= 4 is 40.2 Å². The molecular formula is C29H20IN3O2. The summed E-state index contributed by atoms with van der Waals surface area (Å²) in [6.45, 7) is 0. The highest BCUT2D eigenvalue weighted by atomic mass is 127. The number of benzene rings is 4. The summed E-state index contributed by atoms with van der Waals surface area (Å²) >= 11 is 2.28. The fourth-order valence-electron chi connectivity index (χ4n) is 4.00. The average Bonchev–Trinajstić information content (AvgIpc) is 3.29. The van der Waals surface area contributed by atoms with Gasteiger partial charge in [-0.2, -0.15) is 0 Å². The Bertz CT molecular complexity index is 1490. The van der Waals surface area contributed by atoms with Crippen molar-refractivity contribution in [2.24, 2.45) is 4.99 Å². The maximum absolute atomic E-state index is 11.3. The van der Waals surface area contributed by atoms with Crippen molar-refractivity contribution in [1.82, 2.24) is 4.57 Å². The number of nitrogens with zero attached hydrogens (tertiary/aromatic N) is 3. The molecule has 0 atom stereocenters. The van der Waals surface area contributed by atoms with Gasteiger partial charge in [0, 0.05) is 33.2 Å². The van der Waals surface area contributed by atoms with Crippen molar-refractivity contribution < 1.29 is 4.92 Å². The molecule has 0 bridgehead atoms. The summed E-state index contributed by atoms with van der Waals surface area (Å²) in [5.41, 5.74) is 6.72. The van der Waals surface area contributed by atoms with Gasteiger partial charge in [0.05, 0.1) is 22.0 Å². The molecule has 0 N–H and O–H groups in total. The van der Waals surface area contributed by atoms with E-state index in [9.17, 15) is 10.1 Å². The molecule has 0 aliphatic rings. The Hall–Kier alpha value is -4.04. The molecule has 1 aromatic heterocycles. The molecule has 5 rings (SSSR count). The highest BCUT2D eigenvalue weighted by Gasteiger charge is 2.19. The number of non-ortho nitro benzene ring substituents is 1. The number of hydrogen-bond donors (Lipinski definition) is 0. The van der Waals surface area contributed by atoms with E-state index in [-0.39, 0.29) is 10.6 Å². The average molecular weight is 569 g/mol. The van der Waals surface area contributed by atoms with E-state index in [0.29, 0.717) is 0 Å². The molecule has 0 spiro atoms. The van der Waals surface area contributed by atoms with Crippen LogP contribution in [-0.2, 0) is 0 Å². The van der Waals surface area contributed by atoms with Gasteiger partial charge in [0.15, 0.2) is 0 Å². The van der Waals surface area contributed by atoms with E-state index in [1.165, 1.54) is 12.1 Å². The monoisotopic (exact) mass is 569 g/mol. The smallest absolute Gasteiger partial charge is 0.269 e. The number of hydrogen-bond acceptors (Lipinski definition) is 3. The number of nitro groups is 1. The minimum atomic E-state index is -0.380. The van der Waals surface area contributed by atoms with Crippen LogP contribution in [0.25, 0.3) is 28.2 Å². The minimum absolute atomic E-state index is 0.0592. The Balaban J connectivity index is 1.75. The van der Waals surface area contributed by atoms with Gasteiger partial charge < -0.3 is 4.57 Å². The van der Waals surface area contributed by atoms with Crippen LogP contribution in [0.2, 0.25) is 0 Å². The van der Waals surface area contributed by atoms with Gasteiger partial charge in [-0.05, 0) is 76.2 Å². The summed E-state index contributed by atoms with van der Waals surface area (Å²) in [6.07, 6.45) is 1.89. The fourth-order valence-corrected chi connectivity index (χ4v) is 4.36. The van der Waals surface area contributed by atoms with E-state index in [1.807, 2.05) is 66.9 Å². The van der Waals surface area contributed by atoms with E-state index in [2.05, 4.69) is 57.5 Å². The third-order valence-corrected chi connectivity index (χ3v) is 6.36. The number of aliphatic imine (C=N–C) groups is 1. The molecule has 0 saturated heterocycles. The van der Waals surface area contributed by atoms with E-state index in [1.54, 1.807) is 12.1 Å². The van der Waals surface area contributed by atoms with Crippen molar-refractivity contribution in [1.29, 1.82) is 0 Å². The molecule has 0 aliphatic heterocycles. The molecule has 35 heavy (non-hydrogen) atoms. The predicted molar refractivity (Wildman–Crippen MR) is 150 cm³/mol. The molecule has 0 fully saturated rings. The maximum Gasteiger partial charge on any atom is 0.269 e. The zero-order chi connectivity index (χ0) is 24.2. The molecule has 5 aromatic rings. The first kappa shape index (κ1) is 22.7. The van der Waals surface area contributed by atoms with Crippen molar-refractivity contribution in [3.8, 4) is 28.2 Å². The normalized spacial score (nSPS) is 11.1. The Morgan fingerprint density at radius 2 is 1.37 bits per heavy atom. The lowest BCUT2D eigenvalue weighted by Crippen LogP contribution is -2.01. The first-order valence-corrected chi connectivity index (χ1v) is 12.1. The van der Waals surface area contributed by atoms with Crippen LogP contribution in [0.15, 0.2) is 120 Å². The second-order valence-corrected chi connectivity index (χ2v) is 9.15. The Morgan fingerprint density at radius 1 is 0.771 bits per heavy atom. The Morgan fingerprint density at radius 3 is 1.97 bits per heavy atom. The number of aromatic nitrogens is 1. The van der Waals surface area contributed by atoms with Crippen molar-refractivity contribution in [2.45, 2.75) is 0 Å². The summed E-state index contributed by atoms with van der Waals surface area (Å²) in [5, 5.41) is 11.3. The maximum atomic E-state index is 11.3. The van der Waals surface area contributed by atoms with Gasteiger partial charge in [-0.15, -0.1) is 0 Å². The Labute approximate surface area is 216 Å². The van der Waals surface area contributed by atoms with Crippen molar-refractivity contribution in [3.63, 3.8) is 0 Å². The van der Waals surface area contributed by atoms with Crippen LogP contribution >= 0.6 is 22.6 Å². The molecular weight excluding hydrogens is 549 g/mol. The molecule has 0 radical (unpaired) electrons. The van der Waals surface area contributed by atoms with Gasteiger partial charge in [0.1, 0.15) is 0 Å². The third-order valence-electron chi connectivity index (χ3n) is 5.65. The summed E-state index contributed by atoms with van der Waals surface area (Å²) in [5.74, 6) is 0. The standard InChI is InChI=1S/C29H20IN3O2/c30-24-11-13-25(14-12-24)31-20-23-19-28(21-7-3-1-4-8-21)32(29(23)22-9-5-2-6-10-22)26-15-17-27(18-16-26)33(34)35/h1-20H. The van der Waals surface area contributed by atoms with Crippen LogP contribution in [0.1, 0.15) is 5.56 Å². The van der Waals surface area contributed by atoms with Gasteiger partial charge >= 0.3 is 0 Å². The van der Waals surface area contributed by atoms with E-state index < -0.39 is 0 Å². The molecule has 170 valence electrons.